The Balaban J connectivity index is 3.43. The van der Waals surface area contributed by atoms with Crippen molar-refractivity contribution in [1.82, 2.24) is 4.98 Å². The molecule has 0 bridgehead atoms. The number of hydrogen-bond donors (Lipinski definition) is 2. The van der Waals surface area contributed by atoms with E-state index in [-0.39, 0.29) is 17.2 Å². The van der Waals surface area contributed by atoms with Gasteiger partial charge in [-0.25, -0.2) is 4.98 Å². The zero-order valence-corrected chi connectivity index (χ0v) is 6.44. The molecule has 1 heterocycles. The minimum absolute atomic E-state index is 0.0764. The molecule has 0 saturated heterocycles. The second kappa shape index (κ2) is 2.65. The van der Waals surface area contributed by atoms with Gasteiger partial charge in [-0.05, 0) is 12.5 Å². The first kappa shape index (κ1) is 8.25. The maximum absolute atomic E-state index is 10.4. The fourth-order valence-electron chi connectivity index (χ4n) is 0.814. The van der Waals surface area contributed by atoms with Crippen molar-refractivity contribution in [3.05, 3.63) is 21.9 Å². The molecule has 64 valence electrons. The van der Waals surface area contributed by atoms with Crippen LogP contribution in [0.4, 0.5) is 17.2 Å². The molecular formula is C6H8N4O2. The Morgan fingerprint density at radius 1 is 1.58 bits per heavy atom. The topological polar surface area (TPSA) is 108 Å². The molecule has 0 amide bonds. The van der Waals surface area contributed by atoms with Gasteiger partial charge in [0.15, 0.2) is 0 Å². The molecule has 0 unspecified atom stereocenters. The smallest absolute Gasteiger partial charge is 0.334 e. The summed E-state index contributed by atoms with van der Waals surface area (Å²) in [4.78, 5) is 13.4. The van der Waals surface area contributed by atoms with Crippen LogP contribution in [0.5, 0.6) is 0 Å². The third-order valence-corrected chi connectivity index (χ3v) is 1.50. The van der Waals surface area contributed by atoms with Crippen LogP contribution in [0, 0.1) is 17.0 Å². The van der Waals surface area contributed by atoms with Gasteiger partial charge in [-0.1, -0.05) is 0 Å². The zero-order valence-electron chi connectivity index (χ0n) is 6.44. The van der Waals surface area contributed by atoms with Crippen LogP contribution >= 0.6 is 0 Å². The van der Waals surface area contributed by atoms with E-state index in [0.717, 1.165) is 0 Å². The number of hydrogen-bond acceptors (Lipinski definition) is 5. The zero-order chi connectivity index (χ0) is 9.30. The lowest BCUT2D eigenvalue weighted by Gasteiger charge is -2.01. The SMILES string of the molecule is Cc1cnc(N)c([N+](=O)[O-])c1N. The molecule has 4 N–H and O–H groups in total. The summed E-state index contributed by atoms with van der Waals surface area (Å²) in [7, 11) is 0. The summed E-state index contributed by atoms with van der Waals surface area (Å²) in [5.74, 6) is -0.150. The lowest BCUT2D eigenvalue weighted by Crippen LogP contribution is -2.04. The van der Waals surface area contributed by atoms with E-state index in [9.17, 15) is 10.1 Å². The summed E-state index contributed by atoms with van der Waals surface area (Å²) in [6.07, 6.45) is 1.40. The Hall–Kier alpha value is -1.85. The number of aromatic nitrogens is 1. The molecule has 6 nitrogen and oxygen atoms in total. The fourth-order valence-corrected chi connectivity index (χ4v) is 0.814. The van der Waals surface area contributed by atoms with E-state index in [1.165, 1.54) is 6.20 Å². The minimum Gasteiger partial charge on any atom is -0.393 e. The molecule has 0 fully saturated rings. The first-order valence-corrected chi connectivity index (χ1v) is 3.19. The highest BCUT2D eigenvalue weighted by molar-refractivity contribution is 5.71. The maximum Gasteiger partial charge on any atom is 0.334 e. The molecule has 0 aromatic carbocycles. The van der Waals surface area contributed by atoms with Gasteiger partial charge >= 0.3 is 5.69 Å². The van der Waals surface area contributed by atoms with Crippen LogP contribution in [0.3, 0.4) is 0 Å². The van der Waals surface area contributed by atoms with E-state index in [0.29, 0.717) is 5.56 Å². The first-order valence-electron chi connectivity index (χ1n) is 3.19. The molecule has 0 atom stereocenters. The molecule has 1 aromatic heterocycles. The van der Waals surface area contributed by atoms with Crippen LogP contribution in [0.15, 0.2) is 6.20 Å². The summed E-state index contributed by atoms with van der Waals surface area (Å²) in [5, 5.41) is 10.4. The summed E-state index contributed by atoms with van der Waals surface area (Å²) >= 11 is 0. The monoisotopic (exact) mass is 168 g/mol. The van der Waals surface area contributed by atoms with Crippen molar-refractivity contribution in [2.45, 2.75) is 6.92 Å². The van der Waals surface area contributed by atoms with Gasteiger partial charge in [-0.15, -0.1) is 0 Å². The highest BCUT2D eigenvalue weighted by atomic mass is 16.6. The van der Waals surface area contributed by atoms with Gasteiger partial charge in [-0.3, -0.25) is 10.1 Å². The molecule has 1 aromatic rings. The van der Waals surface area contributed by atoms with Crippen LogP contribution < -0.4 is 11.5 Å². The van der Waals surface area contributed by atoms with Crippen molar-refractivity contribution in [3.63, 3.8) is 0 Å². The average molecular weight is 168 g/mol. The number of aryl methyl sites for hydroxylation is 1. The Morgan fingerprint density at radius 2 is 2.17 bits per heavy atom. The number of rotatable bonds is 1. The fraction of sp³-hybridized carbons (Fsp3) is 0.167. The third-order valence-electron chi connectivity index (χ3n) is 1.50. The second-order valence-electron chi connectivity index (χ2n) is 2.35. The van der Waals surface area contributed by atoms with E-state index in [1.807, 2.05) is 0 Å². The van der Waals surface area contributed by atoms with Crippen molar-refractivity contribution in [1.29, 1.82) is 0 Å². The minimum atomic E-state index is -0.634. The molecule has 12 heavy (non-hydrogen) atoms. The summed E-state index contributed by atoms with van der Waals surface area (Å²) in [6.45, 7) is 1.63. The van der Waals surface area contributed by atoms with Crippen molar-refractivity contribution in [2.24, 2.45) is 0 Å². The number of pyridine rings is 1. The third kappa shape index (κ3) is 1.14. The van der Waals surface area contributed by atoms with E-state index in [1.54, 1.807) is 6.92 Å². The van der Waals surface area contributed by atoms with Crippen molar-refractivity contribution in [3.8, 4) is 0 Å². The Kier molecular flexibility index (Phi) is 1.82. The average Bonchev–Trinajstić information content (AvgIpc) is 1.97. The standard InChI is InChI=1S/C6H8N4O2/c1-3-2-9-6(8)5(4(3)7)10(11)12/h2H,1H3,(H4,7,8,9). The summed E-state index contributed by atoms with van der Waals surface area (Å²) < 4.78 is 0. The van der Waals surface area contributed by atoms with Gasteiger partial charge in [0.05, 0.1) is 4.92 Å². The van der Waals surface area contributed by atoms with Crippen LogP contribution in [0.25, 0.3) is 0 Å². The van der Waals surface area contributed by atoms with Gasteiger partial charge in [-0.2, -0.15) is 0 Å². The lowest BCUT2D eigenvalue weighted by atomic mass is 10.2. The Labute approximate surface area is 68.3 Å². The first-order chi connectivity index (χ1) is 5.54. The van der Waals surface area contributed by atoms with Gasteiger partial charge < -0.3 is 11.5 Å². The van der Waals surface area contributed by atoms with Gasteiger partial charge in [0.25, 0.3) is 0 Å². The van der Waals surface area contributed by atoms with Gasteiger partial charge in [0.1, 0.15) is 5.69 Å². The number of nitrogens with two attached hydrogens (primary N) is 2. The second-order valence-corrected chi connectivity index (χ2v) is 2.35. The van der Waals surface area contributed by atoms with E-state index in [2.05, 4.69) is 4.98 Å². The normalized spacial score (nSPS) is 9.75. The molecule has 0 spiro atoms. The van der Waals surface area contributed by atoms with E-state index >= 15 is 0 Å². The quantitative estimate of drug-likeness (QED) is 0.467. The van der Waals surface area contributed by atoms with E-state index in [4.69, 9.17) is 11.5 Å². The molecule has 0 saturated carbocycles. The maximum atomic E-state index is 10.4. The predicted molar refractivity (Wildman–Crippen MR) is 44.5 cm³/mol. The summed E-state index contributed by atoms with van der Waals surface area (Å²) in [5.41, 5.74) is 11.0. The van der Waals surface area contributed by atoms with Gasteiger partial charge in [0.2, 0.25) is 5.82 Å². The number of nitro groups is 1. The molecule has 0 aliphatic rings. The van der Waals surface area contributed by atoms with Crippen LogP contribution in [-0.4, -0.2) is 9.91 Å². The Morgan fingerprint density at radius 3 is 2.58 bits per heavy atom. The largest absolute Gasteiger partial charge is 0.393 e. The number of nitrogens with zero attached hydrogens (tertiary/aromatic N) is 2. The molecule has 0 aliphatic heterocycles. The molecular weight excluding hydrogens is 160 g/mol. The van der Waals surface area contributed by atoms with E-state index < -0.39 is 4.92 Å². The molecule has 0 radical (unpaired) electrons. The highest BCUT2D eigenvalue weighted by Crippen LogP contribution is 2.28. The van der Waals surface area contributed by atoms with Crippen LogP contribution in [0.2, 0.25) is 0 Å². The predicted octanol–water partition coefficient (Wildman–Crippen LogP) is 0.463. The van der Waals surface area contributed by atoms with Crippen molar-refractivity contribution in [2.75, 3.05) is 11.5 Å². The van der Waals surface area contributed by atoms with Crippen molar-refractivity contribution >= 4 is 17.2 Å². The molecule has 6 heteroatoms. The summed E-state index contributed by atoms with van der Waals surface area (Å²) in [6, 6.07) is 0. The van der Waals surface area contributed by atoms with Gasteiger partial charge in [0, 0.05) is 6.20 Å². The van der Waals surface area contributed by atoms with Crippen LogP contribution in [-0.2, 0) is 0 Å². The molecule has 0 aliphatic carbocycles. The van der Waals surface area contributed by atoms with Crippen molar-refractivity contribution < 1.29 is 4.92 Å². The molecule has 1 rings (SSSR count). The highest BCUT2D eigenvalue weighted by Gasteiger charge is 2.18. The number of nitrogen functional groups attached to an aromatic ring is 2. The Bertz CT molecular complexity index is 337. The lowest BCUT2D eigenvalue weighted by molar-refractivity contribution is -0.383. The van der Waals surface area contributed by atoms with Crippen LogP contribution in [0.1, 0.15) is 5.56 Å². The number of anilines is 2.